The van der Waals surface area contributed by atoms with E-state index in [1.807, 2.05) is 25.2 Å². The molecule has 0 saturated carbocycles. The van der Waals surface area contributed by atoms with Gasteiger partial charge in [-0.15, -0.1) is 0 Å². The Morgan fingerprint density at radius 1 is 1.07 bits per heavy atom. The number of anilines is 1. The molecule has 0 radical (unpaired) electrons. The predicted molar refractivity (Wildman–Crippen MR) is 107 cm³/mol. The van der Waals surface area contributed by atoms with Crippen LogP contribution in [0.4, 0.5) is 19.0 Å². The fourth-order valence-corrected chi connectivity index (χ4v) is 2.80. The Labute approximate surface area is 161 Å². The molecule has 0 fully saturated rings. The van der Waals surface area contributed by atoms with E-state index in [-0.39, 0.29) is 5.56 Å². The number of rotatable bonds is 5. The standard InChI is InChI=1S/C22H18F3N3/c1-4-6-7-13(5-2)21-27-18-12-14(8-9-16(18)22(26-3)28-21)15-10-11-17(23)20(25)19(15)24/h4-12H,2H2,1,3H3,(H,26,27,28)/b6-4-,13-7+. The first kappa shape index (κ1) is 19.4. The van der Waals surface area contributed by atoms with Gasteiger partial charge in [-0.2, -0.15) is 0 Å². The molecule has 0 spiro atoms. The van der Waals surface area contributed by atoms with E-state index in [2.05, 4.69) is 21.9 Å². The molecule has 142 valence electrons. The molecule has 0 saturated heterocycles. The Morgan fingerprint density at radius 2 is 1.86 bits per heavy atom. The highest BCUT2D eigenvalue weighted by atomic mass is 19.2. The first-order valence-corrected chi connectivity index (χ1v) is 8.59. The van der Waals surface area contributed by atoms with Crippen molar-refractivity contribution in [2.24, 2.45) is 0 Å². The second kappa shape index (κ2) is 8.08. The van der Waals surface area contributed by atoms with Crippen LogP contribution in [0.15, 0.2) is 61.2 Å². The Balaban J connectivity index is 2.23. The summed E-state index contributed by atoms with van der Waals surface area (Å²) in [6.45, 7) is 5.68. The lowest BCUT2D eigenvalue weighted by Gasteiger charge is -2.11. The molecule has 1 heterocycles. The van der Waals surface area contributed by atoms with Crippen LogP contribution in [0.1, 0.15) is 12.7 Å². The number of halogens is 3. The molecule has 3 rings (SSSR count). The van der Waals surface area contributed by atoms with Crippen molar-refractivity contribution in [2.45, 2.75) is 6.92 Å². The minimum Gasteiger partial charge on any atom is -0.373 e. The number of benzene rings is 2. The zero-order chi connectivity index (χ0) is 20.3. The van der Waals surface area contributed by atoms with Gasteiger partial charge in [-0.1, -0.05) is 36.9 Å². The van der Waals surface area contributed by atoms with Crippen LogP contribution in [0.5, 0.6) is 0 Å². The van der Waals surface area contributed by atoms with Crippen LogP contribution in [0, 0.1) is 17.5 Å². The summed E-state index contributed by atoms with van der Waals surface area (Å²) in [4.78, 5) is 9.06. The molecule has 3 nitrogen and oxygen atoms in total. The van der Waals surface area contributed by atoms with E-state index in [0.717, 1.165) is 6.07 Å². The average Bonchev–Trinajstić information content (AvgIpc) is 2.71. The predicted octanol–water partition coefficient (Wildman–Crippen LogP) is 5.90. The minimum absolute atomic E-state index is 0.0413. The summed E-state index contributed by atoms with van der Waals surface area (Å²) in [5.74, 6) is -2.94. The van der Waals surface area contributed by atoms with Crippen molar-refractivity contribution in [3.8, 4) is 11.1 Å². The SMILES string of the molecule is C=C/C(=C\C=C/C)c1nc(NC)c2ccc(-c3ccc(F)c(F)c3F)cc2n1. The summed E-state index contributed by atoms with van der Waals surface area (Å²) in [6, 6.07) is 7.05. The molecular weight excluding hydrogens is 363 g/mol. The van der Waals surface area contributed by atoms with Gasteiger partial charge in [0, 0.05) is 23.6 Å². The number of nitrogens with zero attached hydrogens (tertiary/aromatic N) is 2. The van der Waals surface area contributed by atoms with Crippen molar-refractivity contribution in [3.63, 3.8) is 0 Å². The number of fused-ring (bicyclic) bond motifs is 1. The molecule has 1 N–H and O–H groups in total. The fourth-order valence-electron chi connectivity index (χ4n) is 2.80. The van der Waals surface area contributed by atoms with Crippen molar-refractivity contribution in [1.82, 2.24) is 9.97 Å². The molecule has 0 atom stereocenters. The van der Waals surface area contributed by atoms with Crippen LogP contribution < -0.4 is 5.32 Å². The summed E-state index contributed by atoms with van der Waals surface area (Å²) >= 11 is 0. The summed E-state index contributed by atoms with van der Waals surface area (Å²) in [5.41, 5.74) is 1.58. The number of aromatic nitrogens is 2. The highest BCUT2D eigenvalue weighted by molar-refractivity contribution is 5.93. The molecule has 2 aromatic carbocycles. The molecule has 0 aliphatic rings. The van der Waals surface area contributed by atoms with Gasteiger partial charge in [-0.3, -0.25) is 0 Å². The van der Waals surface area contributed by atoms with Crippen molar-refractivity contribution in [1.29, 1.82) is 0 Å². The van der Waals surface area contributed by atoms with E-state index in [9.17, 15) is 13.2 Å². The number of hydrogen-bond donors (Lipinski definition) is 1. The van der Waals surface area contributed by atoms with Gasteiger partial charge in [0.25, 0.3) is 0 Å². The highest BCUT2D eigenvalue weighted by Crippen LogP contribution is 2.31. The molecule has 0 amide bonds. The zero-order valence-electron chi connectivity index (χ0n) is 15.4. The second-order valence-electron chi connectivity index (χ2n) is 5.95. The lowest BCUT2D eigenvalue weighted by molar-refractivity contribution is 0.449. The summed E-state index contributed by atoms with van der Waals surface area (Å²) < 4.78 is 41.1. The molecule has 0 aliphatic carbocycles. The number of nitrogens with one attached hydrogen (secondary N) is 1. The maximum absolute atomic E-state index is 14.2. The van der Waals surface area contributed by atoms with Gasteiger partial charge in [-0.05, 0) is 36.8 Å². The Hall–Kier alpha value is -3.41. The van der Waals surface area contributed by atoms with Gasteiger partial charge in [0.05, 0.1) is 5.52 Å². The smallest absolute Gasteiger partial charge is 0.195 e. The maximum Gasteiger partial charge on any atom is 0.195 e. The van der Waals surface area contributed by atoms with Crippen molar-refractivity contribution < 1.29 is 13.2 Å². The average molecular weight is 381 g/mol. The van der Waals surface area contributed by atoms with Gasteiger partial charge in [-0.25, -0.2) is 23.1 Å². The first-order chi connectivity index (χ1) is 13.5. The molecular formula is C22H18F3N3. The lowest BCUT2D eigenvalue weighted by Crippen LogP contribution is -2.01. The maximum atomic E-state index is 14.2. The topological polar surface area (TPSA) is 37.8 Å². The summed E-state index contributed by atoms with van der Waals surface area (Å²) in [5, 5.41) is 3.73. The summed E-state index contributed by atoms with van der Waals surface area (Å²) in [6.07, 6.45) is 7.18. The largest absolute Gasteiger partial charge is 0.373 e. The monoisotopic (exact) mass is 381 g/mol. The van der Waals surface area contributed by atoms with Crippen molar-refractivity contribution in [3.05, 3.63) is 84.5 Å². The third-order valence-electron chi connectivity index (χ3n) is 4.23. The number of hydrogen-bond acceptors (Lipinski definition) is 3. The van der Waals surface area contributed by atoms with Gasteiger partial charge in [0.1, 0.15) is 5.82 Å². The zero-order valence-corrected chi connectivity index (χ0v) is 15.4. The molecule has 1 aromatic heterocycles. The van der Waals surface area contributed by atoms with E-state index < -0.39 is 17.5 Å². The van der Waals surface area contributed by atoms with E-state index in [4.69, 9.17) is 0 Å². The molecule has 0 aliphatic heterocycles. The van der Waals surface area contributed by atoms with E-state index in [1.165, 1.54) is 6.07 Å². The van der Waals surface area contributed by atoms with Gasteiger partial charge in [0.2, 0.25) is 0 Å². The van der Waals surface area contributed by atoms with Crippen LogP contribution in [-0.4, -0.2) is 17.0 Å². The Morgan fingerprint density at radius 3 is 2.54 bits per heavy atom. The normalized spacial score (nSPS) is 12.0. The van der Waals surface area contributed by atoms with Crippen LogP contribution >= 0.6 is 0 Å². The fraction of sp³-hybridized carbons (Fsp3) is 0.0909. The van der Waals surface area contributed by atoms with Crippen LogP contribution in [0.25, 0.3) is 27.6 Å². The van der Waals surface area contributed by atoms with Crippen molar-refractivity contribution >= 4 is 22.3 Å². The second-order valence-corrected chi connectivity index (χ2v) is 5.95. The quantitative estimate of drug-likeness (QED) is 0.442. The third-order valence-corrected chi connectivity index (χ3v) is 4.23. The van der Waals surface area contributed by atoms with E-state index >= 15 is 0 Å². The van der Waals surface area contributed by atoms with E-state index in [1.54, 1.807) is 31.3 Å². The lowest BCUT2D eigenvalue weighted by atomic mass is 10.0. The molecule has 0 bridgehead atoms. The molecule has 6 heteroatoms. The highest BCUT2D eigenvalue weighted by Gasteiger charge is 2.16. The van der Waals surface area contributed by atoms with E-state index in [0.29, 0.717) is 33.7 Å². The van der Waals surface area contributed by atoms with Gasteiger partial charge in [0.15, 0.2) is 23.3 Å². The van der Waals surface area contributed by atoms with Crippen LogP contribution in [0.3, 0.4) is 0 Å². The minimum atomic E-state index is -1.50. The van der Waals surface area contributed by atoms with Gasteiger partial charge >= 0.3 is 0 Å². The molecule has 28 heavy (non-hydrogen) atoms. The number of allylic oxidation sites excluding steroid dienone is 5. The molecule has 0 unspecified atom stereocenters. The Bertz CT molecular complexity index is 1120. The van der Waals surface area contributed by atoms with Gasteiger partial charge < -0.3 is 5.32 Å². The first-order valence-electron chi connectivity index (χ1n) is 8.59. The van der Waals surface area contributed by atoms with Crippen LogP contribution in [-0.2, 0) is 0 Å². The Kier molecular flexibility index (Phi) is 5.59. The van der Waals surface area contributed by atoms with Crippen molar-refractivity contribution in [2.75, 3.05) is 12.4 Å². The molecule has 3 aromatic rings. The summed E-state index contributed by atoms with van der Waals surface area (Å²) in [7, 11) is 1.73. The van der Waals surface area contributed by atoms with Crippen LogP contribution in [0.2, 0.25) is 0 Å². The third kappa shape index (κ3) is 3.53.